The highest BCUT2D eigenvalue weighted by Gasteiger charge is 2.16. The first-order chi connectivity index (χ1) is 12.6. The van der Waals surface area contributed by atoms with Crippen LogP contribution in [0.1, 0.15) is 0 Å². The minimum absolute atomic E-state index is 0.146. The Morgan fingerprint density at radius 1 is 1.15 bits per heavy atom. The molecule has 0 N–H and O–H groups in total. The first-order valence-corrected chi connectivity index (χ1v) is 8.12. The van der Waals surface area contributed by atoms with Crippen LogP contribution in [0.2, 0.25) is 0 Å². The molecule has 26 heavy (non-hydrogen) atoms. The summed E-state index contributed by atoms with van der Waals surface area (Å²) in [5, 5.41) is 1.25. The van der Waals surface area contributed by atoms with Crippen molar-refractivity contribution in [2.75, 3.05) is 25.6 Å². The van der Waals surface area contributed by atoms with Gasteiger partial charge in [-0.25, -0.2) is 4.98 Å². The van der Waals surface area contributed by atoms with E-state index in [1.807, 2.05) is 43.3 Å². The Morgan fingerprint density at radius 2 is 2.00 bits per heavy atom. The summed E-state index contributed by atoms with van der Waals surface area (Å²) < 4.78 is 11.4. The zero-order chi connectivity index (χ0) is 18.3. The van der Waals surface area contributed by atoms with Gasteiger partial charge in [0.2, 0.25) is 0 Å². The SMILES string of the molecule is C#CCOc1ccc2c3nc4ccc(N(C)C)cc4oc-3cc(=O)c2c1. The highest BCUT2D eigenvalue weighted by Crippen LogP contribution is 2.32. The van der Waals surface area contributed by atoms with Crippen LogP contribution in [0.3, 0.4) is 0 Å². The number of hydrogen-bond acceptors (Lipinski definition) is 5. The summed E-state index contributed by atoms with van der Waals surface area (Å²) in [5.74, 6) is 3.43. The van der Waals surface area contributed by atoms with E-state index in [-0.39, 0.29) is 12.0 Å². The molecule has 1 heterocycles. The van der Waals surface area contributed by atoms with Gasteiger partial charge in [-0.15, -0.1) is 6.42 Å². The molecule has 2 aromatic rings. The zero-order valence-electron chi connectivity index (χ0n) is 14.4. The van der Waals surface area contributed by atoms with Gasteiger partial charge in [0.15, 0.2) is 16.8 Å². The third-order valence-corrected chi connectivity index (χ3v) is 4.24. The molecule has 0 radical (unpaired) electrons. The van der Waals surface area contributed by atoms with E-state index in [2.05, 4.69) is 5.92 Å². The number of ether oxygens (including phenoxy) is 1. The van der Waals surface area contributed by atoms with E-state index >= 15 is 0 Å². The number of nitrogens with zero attached hydrogens (tertiary/aromatic N) is 2. The lowest BCUT2D eigenvalue weighted by Crippen LogP contribution is -2.08. The standard InChI is InChI=1S/C21H16N2O3/c1-4-9-25-14-6-7-15-16(11-14)18(24)12-20-21(15)22-17-8-5-13(23(2)3)10-19(17)26-20/h1,5-8,10-12H,9H2,2-3H3. The third-order valence-electron chi connectivity index (χ3n) is 4.24. The van der Waals surface area contributed by atoms with Gasteiger partial charge in [-0.2, -0.15) is 0 Å². The number of anilines is 1. The molecule has 5 nitrogen and oxygen atoms in total. The molecule has 0 atom stereocenters. The van der Waals surface area contributed by atoms with Gasteiger partial charge in [-0.1, -0.05) is 5.92 Å². The van der Waals surface area contributed by atoms with Crippen molar-refractivity contribution in [3.05, 3.63) is 52.7 Å². The van der Waals surface area contributed by atoms with E-state index in [1.54, 1.807) is 12.1 Å². The molecule has 0 fully saturated rings. The largest absolute Gasteiger partial charge is 0.481 e. The monoisotopic (exact) mass is 344 g/mol. The maximum Gasteiger partial charge on any atom is 0.190 e. The molecule has 2 aromatic carbocycles. The van der Waals surface area contributed by atoms with E-state index in [0.29, 0.717) is 28.2 Å². The van der Waals surface area contributed by atoms with Crippen LogP contribution in [-0.4, -0.2) is 25.7 Å². The predicted molar refractivity (Wildman–Crippen MR) is 103 cm³/mol. The molecular formula is C21H16N2O3. The van der Waals surface area contributed by atoms with Gasteiger partial charge in [-0.3, -0.25) is 4.79 Å². The molecule has 4 rings (SSSR count). The Hall–Kier alpha value is -3.52. The van der Waals surface area contributed by atoms with Gasteiger partial charge in [0.25, 0.3) is 0 Å². The van der Waals surface area contributed by atoms with Crippen molar-refractivity contribution in [2.24, 2.45) is 0 Å². The molecule has 128 valence electrons. The van der Waals surface area contributed by atoms with Crippen molar-refractivity contribution >= 4 is 27.6 Å². The number of aromatic nitrogens is 1. The summed E-state index contributed by atoms with van der Waals surface area (Å²) in [4.78, 5) is 19.2. The molecule has 5 heteroatoms. The molecule has 1 aliphatic carbocycles. The Bertz CT molecular complexity index is 1200. The Morgan fingerprint density at radius 3 is 2.77 bits per heavy atom. The number of benzene rings is 3. The lowest BCUT2D eigenvalue weighted by atomic mass is 10.0. The summed E-state index contributed by atoms with van der Waals surface area (Å²) in [7, 11) is 3.91. The van der Waals surface area contributed by atoms with E-state index in [1.165, 1.54) is 6.07 Å². The highest BCUT2D eigenvalue weighted by molar-refractivity contribution is 5.97. The summed E-state index contributed by atoms with van der Waals surface area (Å²) in [6.07, 6.45) is 5.21. The normalized spacial score (nSPS) is 11.0. The number of terminal acetylenes is 1. The van der Waals surface area contributed by atoms with Crippen molar-refractivity contribution in [3.63, 3.8) is 0 Å². The molecular weight excluding hydrogens is 328 g/mol. The highest BCUT2D eigenvalue weighted by atomic mass is 16.5. The lowest BCUT2D eigenvalue weighted by molar-refractivity contribution is 0.371. The summed E-state index contributed by atoms with van der Waals surface area (Å²) in [5.41, 5.74) is 2.87. The minimum atomic E-state index is -0.146. The van der Waals surface area contributed by atoms with Gasteiger partial charge in [0.05, 0.1) is 0 Å². The van der Waals surface area contributed by atoms with Gasteiger partial charge in [0, 0.05) is 42.7 Å². The molecule has 0 spiro atoms. The second kappa shape index (κ2) is 6.08. The second-order valence-corrected chi connectivity index (χ2v) is 6.18. The Balaban J connectivity index is 1.97. The van der Waals surface area contributed by atoms with E-state index in [4.69, 9.17) is 20.6 Å². The summed E-state index contributed by atoms with van der Waals surface area (Å²) >= 11 is 0. The molecule has 0 saturated carbocycles. The zero-order valence-corrected chi connectivity index (χ0v) is 14.4. The fraction of sp³-hybridized carbons (Fsp3) is 0.143. The average molecular weight is 344 g/mol. The smallest absolute Gasteiger partial charge is 0.190 e. The average Bonchev–Trinajstić information content (AvgIpc) is 2.64. The minimum Gasteiger partial charge on any atom is -0.481 e. The molecule has 0 unspecified atom stereocenters. The lowest BCUT2D eigenvalue weighted by Gasteiger charge is -2.14. The van der Waals surface area contributed by atoms with Crippen molar-refractivity contribution < 1.29 is 9.15 Å². The van der Waals surface area contributed by atoms with Crippen molar-refractivity contribution in [3.8, 4) is 29.5 Å². The first kappa shape index (κ1) is 16.0. The topological polar surface area (TPSA) is 55.6 Å². The fourth-order valence-electron chi connectivity index (χ4n) is 2.93. The number of rotatable bonds is 3. The van der Waals surface area contributed by atoms with E-state index in [9.17, 15) is 4.79 Å². The number of fused-ring (bicyclic) bond motifs is 4. The van der Waals surface area contributed by atoms with Gasteiger partial charge < -0.3 is 14.1 Å². The van der Waals surface area contributed by atoms with Crippen LogP contribution in [0, 0.1) is 12.3 Å². The first-order valence-electron chi connectivity index (χ1n) is 8.12. The molecule has 0 amide bonds. The molecule has 0 bridgehead atoms. The van der Waals surface area contributed by atoms with Gasteiger partial charge >= 0.3 is 0 Å². The second-order valence-electron chi connectivity index (χ2n) is 6.18. The molecule has 2 aliphatic rings. The maximum absolute atomic E-state index is 12.5. The Labute approximate surface area is 150 Å². The molecule has 0 saturated heterocycles. The molecule has 0 aromatic heterocycles. The number of hydrogen-bond donors (Lipinski definition) is 0. The van der Waals surface area contributed by atoms with Crippen LogP contribution < -0.4 is 15.1 Å². The third kappa shape index (κ3) is 2.62. The van der Waals surface area contributed by atoms with Gasteiger partial charge in [-0.05, 0) is 30.3 Å². The van der Waals surface area contributed by atoms with E-state index in [0.717, 1.165) is 16.6 Å². The summed E-state index contributed by atoms with van der Waals surface area (Å²) in [6.45, 7) is 0.152. The van der Waals surface area contributed by atoms with Crippen molar-refractivity contribution in [1.29, 1.82) is 0 Å². The van der Waals surface area contributed by atoms with E-state index < -0.39 is 0 Å². The van der Waals surface area contributed by atoms with Crippen LogP contribution in [0.5, 0.6) is 5.75 Å². The quantitative estimate of drug-likeness (QED) is 0.323. The predicted octanol–water partition coefficient (Wildman–Crippen LogP) is 3.52. The van der Waals surface area contributed by atoms with Crippen LogP contribution in [0.25, 0.3) is 33.3 Å². The Kier molecular flexibility index (Phi) is 3.74. The van der Waals surface area contributed by atoms with Crippen LogP contribution >= 0.6 is 0 Å². The van der Waals surface area contributed by atoms with Gasteiger partial charge in [0.1, 0.15) is 23.6 Å². The maximum atomic E-state index is 12.5. The van der Waals surface area contributed by atoms with Crippen molar-refractivity contribution in [1.82, 2.24) is 4.98 Å². The van der Waals surface area contributed by atoms with Crippen LogP contribution in [0.15, 0.2) is 51.7 Å². The van der Waals surface area contributed by atoms with Crippen molar-refractivity contribution in [2.45, 2.75) is 0 Å². The fourth-order valence-corrected chi connectivity index (χ4v) is 2.93. The van der Waals surface area contributed by atoms with Crippen LogP contribution in [0.4, 0.5) is 5.69 Å². The van der Waals surface area contributed by atoms with Crippen LogP contribution in [-0.2, 0) is 0 Å². The molecule has 1 aliphatic heterocycles. The summed E-state index contributed by atoms with van der Waals surface area (Å²) in [6, 6.07) is 12.6.